The molecular weight excluding hydrogens is 250 g/mol. The molecule has 2 aromatic heterocycles. The summed E-state index contributed by atoms with van der Waals surface area (Å²) in [4.78, 5) is 16.0. The Balaban J connectivity index is 2.18. The maximum absolute atomic E-state index is 5.34. The highest BCUT2D eigenvalue weighted by molar-refractivity contribution is 5.27. The van der Waals surface area contributed by atoms with E-state index in [1.807, 2.05) is 6.92 Å². The zero-order chi connectivity index (χ0) is 13.7. The molecule has 0 saturated carbocycles. The van der Waals surface area contributed by atoms with E-state index in [9.17, 15) is 0 Å². The molecule has 0 spiro atoms. The minimum Gasteiger partial charge on any atom is -0.467 e. The van der Waals surface area contributed by atoms with Crippen molar-refractivity contribution in [2.45, 2.75) is 13.3 Å². The predicted octanol–water partition coefficient (Wildman–Crippen LogP) is 0.623. The van der Waals surface area contributed by atoms with Gasteiger partial charge in [-0.15, -0.1) is 10.1 Å². The Hall–Kier alpha value is -2.45. The van der Waals surface area contributed by atoms with E-state index in [-0.39, 0.29) is 18.0 Å². The quantitative estimate of drug-likeness (QED) is 0.811. The molecule has 102 valence electrons. The molecule has 0 aliphatic carbocycles. The minimum absolute atomic E-state index is 0.0802. The molecule has 0 fully saturated rings. The fourth-order valence-corrected chi connectivity index (χ4v) is 1.24. The van der Waals surface area contributed by atoms with Crippen molar-refractivity contribution in [1.29, 1.82) is 0 Å². The Morgan fingerprint density at radius 2 is 2.00 bits per heavy atom. The molecular formula is C10H15N7O2. The highest BCUT2D eigenvalue weighted by Crippen LogP contribution is 2.16. The fraction of sp³-hybridized carbons (Fsp3) is 0.500. The molecule has 2 heterocycles. The SMILES string of the molecule is CCCNc1nc(OC)nc(Oc2ncn(C)n2)n1. The van der Waals surface area contributed by atoms with Crippen molar-refractivity contribution >= 4 is 5.95 Å². The Labute approximate surface area is 110 Å². The smallest absolute Gasteiger partial charge is 0.343 e. The van der Waals surface area contributed by atoms with Gasteiger partial charge in [-0.25, -0.2) is 0 Å². The fourth-order valence-electron chi connectivity index (χ4n) is 1.24. The lowest BCUT2D eigenvalue weighted by Gasteiger charge is -2.06. The van der Waals surface area contributed by atoms with E-state index in [0.717, 1.165) is 13.0 Å². The molecule has 0 aromatic carbocycles. The molecule has 0 aliphatic rings. The van der Waals surface area contributed by atoms with Crippen molar-refractivity contribution in [1.82, 2.24) is 29.7 Å². The highest BCUT2D eigenvalue weighted by Gasteiger charge is 2.10. The largest absolute Gasteiger partial charge is 0.467 e. The first-order valence-electron chi connectivity index (χ1n) is 5.78. The molecule has 19 heavy (non-hydrogen) atoms. The maximum Gasteiger partial charge on any atom is 0.343 e. The standard InChI is InChI=1S/C10H15N7O2/c1-4-5-11-7-13-9(18-3)15-10(14-7)19-8-12-6-17(2)16-8/h6H,4-5H2,1-3H3,(H,11,13,14,15). The number of nitrogens with one attached hydrogen (secondary N) is 1. The third kappa shape index (κ3) is 3.50. The molecule has 9 nitrogen and oxygen atoms in total. The van der Waals surface area contributed by atoms with E-state index in [4.69, 9.17) is 9.47 Å². The van der Waals surface area contributed by atoms with Gasteiger partial charge in [0.2, 0.25) is 5.95 Å². The minimum atomic E-state index is 0.0802. The van der Waals surface area contributed by atoms with Crippen molar-refractivity contribution in [3.8, 4) is 18.0 Å². The van der Waals surface area contributed by atoms with E-state index in [2.05, 4.69) is 30.4 Å². The normalized spacial score (nSPS) is 10.3. The lowest BCUT2D eigenvalue weighted by atomic mass is 10.5. The third-order valence-corrected chi connectivity index (χ3v) is 2.07. The summed E-state index contributed by atoms with van der Waals surface area (Å²) in [5.74, 6) is 0.389. The molecule has 0 bridgehead atoms. The monoisotopic (exact) mass is 265 g/mol. The molecule has 0 atom stereocenters. The van der Waals surface area contributed by atoms with Crippen LogP contribution in [0.25, 0.3) is 0 Å². The van der Waals surface area contributed by atoms with Crippen LogP contribution in [0.3, 0.4) is 0 Å². The number of nitrogens with zero attached hydrogens (tertiary/aromatic N) is 6. The van der Waals surface area contributed by atoms with E-state index in [0.29, 0.717) is 5.95 Å². The van der Waals surface area contributed by atoms with Crippen LogP contribution in [0, 0.1) is 0 Å². The Bertz CT molecular complexity index is 542. The van der Waals surface area contributed by atoms with Gasteiger partial charge in [0.25, 0.3) is 0 Å². The van der Waals surface area contributed by atoms with Crippen molar-refractivity contribution in [3.05, 3.63) is 6.33 Å². The summed E-state index contributed by atoms with van der Waals surface area (Å²) in [7, 11) is 3.21. The van der Waals surface area contributed by atoms with Crippen LogP contribution in [-0.2, 0) is 7.05 Å². The number of ether oxygens (including phenoxy) is 2. The van der Waals surface area contributed by atoms with Crippen molar-refractivity contribution in [2.75, 3.05) is 19.0 Å². The highest BCUT2D eigenvalue weighted by atomic mass is 16.5. The first-order chi connectivity index (χ1) is 9.21. The van der Waals surface area contributed by atoms with Gasteiger partial charge in [-0.3, -0.25) is 4.68 Å². The average Bonchev–Trinajstić information content (AvgIpc) is 2.81. The predicted molar refractivity (Wildman–Crippen MR) is 66.2 cm³/mol. The van der Waals surface area contributed by atoms with Gasteiger partial charge in [0.1, 0.15) is 6.33 Å². The topological polar surface area (TPSA) is 99.9 Å². The van der Waals surface area contributed by atoms with Crippen molar-refractivity contribution in [2.24, 2.45) is 7.05 Å². The number of aryl methyl sites for hydroxylation is 1. The zero-order valence-corrected chi connectivity index (χ0v) is 11.0. The average molecular weight is 265 g/mol. The lowest BCUT2D eigenvalue weighted by molar-refractivity contribution is 0.352. The number of anilines is 1. The summed E-state index contributed by atoms with van der Waals surface area (Å²) < 4.78 is 11.8. The number of hydrogen-bond donors (Lipinski definition) is 1. The number of methoxy groups -OCH3 is 1. The molecule has 0 aliphatic heterocycles. The van der Waals surface area contributed by atoms with Gasteiger partial charge in [-0.1, -0.05) is 6.92 Å². The third-order valence-electron chi connectivity index (χ3n) is 2.07. The van der Waals surface area contributed by atoms with Gasteiger partial charge < -0.3 is 14.8 Å². The van der Waals surface area contributed by atoms with Crippen LogP contribution in [0.4, 0.5) is 5.95 Å². The van der Waals surface area contributed by atoms with Crippen LogP contribution in [0.15, 0.2) is 6.33 Å². The molecule has 2 aromatic rings. The number of aromatic nitrogens is 6. The first kappa shape index (κ1) is 13.0. The second-order valence-corrected chi connectivity index (χ2v) is 3.66. The maximum atomic E-state index is 5.34. The zero-order valence-electron chi connectivity index (χ0n) is 11.0. The summed E-state index contributed by atoms with van der Waals surface area (Å²) in [6, 6.07) is 0.411. The molecule has 2 rings (SSSR count). The van der Waals surface area contributed by atoms with Crippen molar-refractivity contribution < 1.29 is 9.47 Å². The van der Waals surface area contributed by atoms with Gasteiger partial charge in [0, 0.05) is 13.6 Å². The molecule has 0 amide bonds. The first-order valence-corrected chi connectivity index (χ1v) is 5.78. The van der Waals surface area contributed by atoms with Crippen LogP contribution in [0.2, 0.25) is 0 Å². The van der Waals surface area contributed by atoms with Crippen LogP contribution in [0.5, 0.6) is 18.0 Å². The van der Waals surface area contributed by atoms with E-state index in [1.54, 1.807) is 7.05 Å². The Morgan fingerprint density at radius 3 is 2.63 bits per heavy atom. The number of hydrogen-bond acceptors (Lipinski definition) is 8. The summed E-state index contributed by atoms with van der Waals surface area (Å²) in [5, 5.41) is 7.01. The second-order valence-electron chi connectivity index (χ2n) is 3.66. The van der Waals surface area contributed by atoms with E-state index in [1.165, 1.54) is 18.1 Å². The van der Waals surface area contributed by atoms with Crippen molar-refractivity contribution in [3.63, 3.8) is 0 Å². The Kier molecular flexibility index (Phi) is 4.06. The molecule has 1 N–H and O–H groups in total. The van der Waals surface area contributed by atoms with Gasteiger partial charge in [-0.05, 0) is 6.42 Å². The van der Waals surface area contributed by atoms with Gasteiger partial charge >= 0.3 is 18.0 Å². The summed E-state index contributed by atoms with van der Waals surface area (Å²) >= 11 is 0. The van der Waals surface area contributed by atoms with Crippen LogP contribution < -0.4 is 14.8 Å². The van der Waals surface area contributed by atoms with Crippen LogP contribution >= 0.6 is 0 Å². The van der Waals surface area contributed by atoms with E-state index >= 15 is 0 Å². The molecule has 0 unspecified atom stereocenters. The molecule has 0 radical (unpaired) electrons. The van der Waals surface area contributed by atoms with Gasteiger partial charge in [-0.2, -0.15) is 15.0 Å². The summed E-state index contributed by atoms with van der Waals surface area (Å²) in [5.41, 5.74) is 0. The molecule has 9 heteroatoms. The number of rotatable bonds is 6. The summed E-state index contributed by atoms with van der Waals surface area (Å²) in [6.45, 7) is 2.79. The summed E-state index contributed by atoms with van der Waals surface area (Å²) in [6.07, 6.45) is 2.47. The van der Waals surface area contributed by atoms with Crippen LogP contribution in [-0.4, -0.2) is 43.4 Å². The molecule has 0 saturated heterocycles. The lowest BCUT2D eigenvalue weighted by Crippen LogP contribution is -2.07. The van der Waals surface area contributed by atoms with Gasteiger partial charge in [0.05, 0.1) is 7.11 Å². The Morgan fingerprint density at radius 1 is 1.21 bits per heavy atom. The van der Waals surface area contributed by atoms with Crippen LogP contribution in [0.1, 0.15) is 13.3 Å². The second kappa shape index (κ2) is 5.94. The van der Waals surface area contributed by atoms with E-state index < -0.39 is 0 Å². The van der Waals surface area contributed by atoms with Gasteiger partial charge in [0.15, 0.2) is 0 Å².